The van der Waals surface area contributed by atoms with Gasteiger partial charge in [-0.1, -0.05) is 42.5 Å². The monoisotopic (exact) mass is 374 g/mol. The van der Waals surface area contributed by atoms with Crippen LogP contribution in [0, 0.1) is 6.92 Å². The molecule has 2 N–H and O–H groups in total. The minimum Gasteiger partial charge on any atom is -0.320 e. The zero-order chi connectivity index (χ0) is 19.5. The highest BCUT2D eigenvalue weighted by Gasteiger charge is 2.24. The van der Waals surface area contributed by atoms with Crippen molar-refractivity contribution in [1.82, 2.24) is 14.9 Å². The summed E-state index contributed by atoms with van der Waals surface area (Å²) >= 11 is 0. The van der Waals surface area contributed by atoms with Gasteiger partial charge >= 0.3 is 6.03 Å². The molecule has 0 fully saturated rings. The van der Waals surface area contributed by atoms with Crippen molar-refractivity contribution >= 4 is 11.7 Å². The summed E-state index contributed by atoms with van der Waals surface area (Å²) in [4.78, 5) is 34.4. The molecule has 2 aromatic carbocycles. The Kier molecular flexibility index (Phi) is 4.93. The number of aromatic amines is 1. The minimum absolute atomic E-state index is 0.161. The Morgan fingerprint density at radius 2 is 1.89 bits per heavy atom. The van der Waals surface area contributed by atoms with E-state index >= 15 is 0 Å². The van der Waals surface area contributed by atoms with Crippen molar-refractivity contribution in [3.8, 4) is 0 Å². The number of fused-ring (bicyclic) bond motifs is 1. The lowest BCUT2D eigenvalue weighted by Crippen LogP contribution is -2.42. The summed E-state index contributed by atoms with van der Waals surface area (Å²) in [5, 5.41) is 2.87. The summed E-state index contributed by atoms with van der Waals surface area (Å²) in [5.41, 5.74) is 4.25. The van der Waals surface area contributed by atoms with E-state index in [-0.39, 0.29) is 18.1 Å². The van der Waals surface area contributed by atoms with E-state index in [4.69, 9.17) is 0 Å². The van der Waals surface area contributed by atoms with E-state index in [1.54, 1.807) is 4.90 Å². The molecule has 0 atom stereocenters. The molecule has 0 spiro atoms. The predicted molar refractivity (Wildman–Crippen MR) is 108 cm³/mol. The lowest BCUT2D eigenvalue weighted by molar-refractivity contribution is 0.205. The third-order valence-corrected chi connectivity index (χ3v) is 5.05. The van der Waals surface area contributed by atoms with Gasteiger partial charge in [0, 0.05) is 25.1 Å². The van der Waals surface area contributed by atoms with Crippen molar-refractivity contribution in [3.63, 3.8) is 0 Å². The van der Waals surface area contributed by atoms with Gasteiger partial charge in [0.1, 0.15) is 5.82 Å². The number of amides is 2. The third kappa shape index (κ3) is 3.81. The van der Waals surface area contributed by atoms with Crippen LogP contribution in [0.5, 0.6) is 0 Å². The van der Waals surface area contributed by atoms with Crippen molar-refractivity contribution in [1.29, 1.82) is 0 Å². The fraction of sp³-hybridized carbons (Fsp3) is 0.227. The molecular formula is C22H22N4O2. The van der Waals surface area contributed by atoms with Crippen molar-refractivity contribution in [2.45, 2.75) is 26.3 Å². The maximum atomic E-state index is 12.6. The molecule has 28 heavy (non-hydrogen) atoms. The van der Waals surface area contributed by atoms with Crippen LogP contribution in [-0.4, -0.2) is 27.4 Å². The van der Waals surface area contributed by atoms with E-state index in [1.165, 1.54) is 5.56 Å². The highest BCUT2D eigenvalue weighted by molar-refractivity contribution is 5.89. The summed E-state index contributed by atoms with van der Waals surface area (Å²) in [6, 6.07) is 17.2. The molecule has 2 heterocycles. The van der Waals surface area contributed by atoms with Crippen LogP contribution in [0.15, 0.2) is 59.4 Å². The first-order valence-electron chi connectivity index (χ1n) is 9.36. The van der Waals surface area contributed by atoms with E-state index < -0.39 is 0 Å². The number of aryl methyl sites for hydroxylation is 1. The van der Waals surface area contributed by atoms with Crippen LogP contribution in [0.4, 0.5) is 10.5 Å². The third-order valence-electron chi connectivity index (χ3n) is 5.05. The second-order valence-electron chi connectivity index (χ2n) is 7.01. The van der Waals surface area contributed by atoms with Gasteiger partial charge in [-0.3, -0.25) is 4.79 Å². The molecule has 6 heteroatoms. The Balaban J connectivity index is 1.51. The highest BCUT2D eigenvalue weighted by atomic mass is 16.2. The molecule has 0 radical (unpaired) electrons. The molecule has 1 aliphatic heterocycles. The maximum absolute atomic E-state index is 12.6. The average Bonchev–Trinajstić information content (AvgIpc) is 2.70. The van der Waals surface area contributed by atoms with Crippen LogP contribution in [-0.2, 0) is 19.4 Å². The van der Waals surface area contributed by atoms with Gasteiger partial charge in [-0.05, 0) is 30.2 Å². The van der Waals surface area contributed by atoms with Crippen LogP contribution in [0.2, 0.25) is 0 Å². The number of nitrogens with one attached hydrogen (secondary N) is 2. The second-order valence-corrected chi connectivity index (χ2v) is 7.01. The van der Waals surface area contributed by atoms with Gasteiger partial charge < -0.3 is 15.2 Å². The molecule has 0 bridgehead atoms. The SMILES string of the molecule is Cc1ccccc1Cc1nc2c(c(=O)[nH]1)CN(C(=O)Nc1ccccc1)CC2. The average molecular weight is 374 g/mol. The second kappa shape index (κ2) is 7.68. The number of benzene rings is 2. The Morgan fingerprint density at radius 1 is 1.14 bits per heavy atom. The van der Waals surface area contributed by atoms with Crippen molar-refractivity contribution in [2.24, 2.45) is 0 Å². The molecule has 1 aliphatic rings. The quantitative estimate of drug-likeness (QED) is 0.739. The summed E-state index contributed by atoms with van der Waals surface area (Å²) < 4.78 is 0. The zero-order valence-electron chi connectivity index (χ0n) is 15.7. The van der Waals surface area contributed by atoms with Crippen molar-refractivity contribution < 1.29 is 4.79 Å². The summed E-state index contributed by atoms with van der Waals surface area (Å²) in [6.45, 7) is 2.85. The first kappa shape index (κ1) is 18.0. The molecule has 0 unspecified atom stereocenters. The normalized spacial score (nSPS) is 13.1. The first-order chi connectivity index (χ1) is 13.6. The Morgan fingerprint density at radius 3 is 2.68 bits per heavy atom. The highest BCUT2D eigenvalue weighted by Crippen LogP contribution is 2.17. The van der Waals surface area contributed by atoms with E-state index in [2.05, 4.69) is 28.3 Å². The summed E-state index contributed by atoms with van der Waals surface area (Å²) in [5.74, 6) is 0.667. The number of urea groups is 1. The lowest BCUT2D eigenvalue weighted by Gasteiger charge is -2.28. The number of hydrogen-bond donors (Lipinski definition) is 2. The van der Waals surface area contributed by atoms with Gasteiger partial charge in [0.25, 0.3) is 5.56 Å². The maximum Gasteiger partial charge on any atom is 0.322 e. The van der Waals surface area contributed by atoms with Gasteiger partial charge in [0.2, 0.25) is 0 Å². The number of hydrogen-bond acceptors (Lipinski definition) is 3. The van der Waals surface area contributed by atoms with E-state index in [9.17, 15) is 9.59 Å². The van der Waals surface area contributed by atoms with Gasteiger partial charge in [-0.2, -0.15) is 0 Å². The number of carbonyl (C=O) groups is 1. The largest absolute Gasteiger partial charge is 0.322 e. The van der Waals surface area contributed by atoms with Crippen LogP contribution in [0.1, 0.15) is 28.2 Å². The zero-order valence-corrected chi connectivity index (χ0v) is 15.7. The van der Waals surface area contributed by atoms with Crippen molar-refractivity contribution in [3.05, 3.63) is 93.2 Å². The number of anilines is 1. The number of aromatic nitrogens is 2. The number of H-pyrrole nitrogens is 1. The number of rotatable bonds is 3. The number of para-hydroxylation sites is 1. The molecule has 0 saturated carbocycles. The Hall–Kier alpha value is -3.41. The lowest BCUT2D eigenvalue weighted by atomic mass is 10.0. The van der Waals surface area contributed by atoms with Crippen LogP contribution in [0.25, 0.3) is 0 Å². The first-order valence-corrected chi connectivity index (χ1v) is 9.36. The van der Waals surface area contributed by atoms with Gasteiger partial charge in [-0.25, -0.2) is 9.78 Å². The molecule has 0 aliphatic carbocycles. The van der Waals surface area contributed by atoms with Crippen LogP contribution < -0.4 is 10.9 Å². The van der Waals surface area contributed by atoms with Crippen molar-refractivity contribution in [2.75, 3.05) is 11.9 Å². The molecule has 4 rings (SSSR count). The standard InChI is InChI=1S/C22H22N4O2/c1-15-7-5-6-8-16(15)13-20-24-19-11-12-26(14-18(19)21(27)25-20)22(28)23-17-9-3-2-4-10-17/h2-10H,11-14H2,1H3,(H,23,28)(H,24,25,27). The molecule has 0 saturated heterocycles. The van der Waals surface area contributed by atoms with Gasteiger partial charge in [0.15, 0.2) is 0 Å². The Labute approximate surface area is 163 Å². The number of carbonyl (C=O) groups excluding carboxylic acids is 1. The molecule has 1 aromatic heterocycles. The summed E-state index contributed by atoms with van der Waals surface area (Å²) in [7, 11) is 0. The van der Waals surface area contributed by atoms with E-state index in [1.807, 2.05) is 48.5 Å². The summed E-state index contributed by atoms with van der Waals surface area (Å²) in [6.07, 6.45) is 1.16. The smallest absolute Gasteiger partial charge is 0.320 e. The number of nitrogens with zero attached hydrogens (tertiary/aromatic N) is 2. The predicted octanol–water partition coefficient (Wildman–Crippen LogP) is 3.26. The van der Waals surface area contributed by atoms with E-state index in [0.29, 0.717) is 30.8 Å². The molecular weight excluding hydrogens is 352 g/mol. The fourth-order valence-electron chi connectivity index (χ4n) is 3.45. The fourth-order valence-corrected chi connectivity index (χ4v) is 3.45. The Bertz CT molecular complexity index is 1060. The van der Waals surface area contributed by atoms with Crippen LogP contribution >= 0.6 is 0 Å². The minimum atomic E-state index is -0.208. The van der Waals surface area contributed by atoms with Gasteiger partial charge in [-0.15, -0.1) is 0 Å². The topological polar surface area (TPSA) is 78.1 Å². The van der Waals surface area contributed by atoms with Gasteiger partial charge in [0.05, 0.1) is 17.8 Å². The van der Waals surface area contributed by atoms with Crippen LogP contribution in [0.3, 0.4) is 0 Å². The van der Waals surface area contributed by atoms with E-state index in [0.717, 1.165) is 16.9 Å². The molecule has 6 nitrogen and oxygen atoms in total. The molecule has 142 valence electrons. The molecule has 2 amide bonds. The molecule has 3 aromatic rings.